The molecule has 5 heteroatoms. The lowest BCUT2D eigenvalue weighted by Crippen LogP contribution is -2.40. The van der Waals surface area contributed by atoms with Crippen LogP contribution in [0, 0.1) is 4.77 Å². The van der Waals surface area contributed by atoms with Crippen LogP contribution in [-0.2, 0) is 19.0 Å². The van der Waals surface area contributed by atoms with E-state index in [-0.39, 0.29) is 5.54 Å². The van der Waals surface area contributed by atoms with Crippen LogP contribution in [0.25, 0.3) is 11.2 Å². The lowest BCUT2D eigenvalue weighted by molar-refractivity contribution is 0.138. The van der Waals surface area contributed by atoms with Gasteiger partial charge in [0, 0.05) is 12.6 Å². The van der Waals surface area contributed by atoms with Crippen LogP contribution in [0.1, 0.15) is 45.2 Å². The molecule has 2 aromatic rings. The number of aromatic amines is 1. The Balaban J connectivity index is 2.32. The van der Waals surface area contributed by atoms with Gasteiger partial charge in [0.05, 0.1) is 5.69 Å². The van der Waals surface area contributed by atoms with Crippen molar-refractivity contribution in [3.05, 3.63) is 10.5 Å². The average molecular weight is 264 g/mol. The van der Waals surface area contributed by atoms with Crippen molar-refractivity contribution < 1.29 is 0 Å². The van der Waals surface area contributed by atoms with Gasteiger partial charge in [-0.2, -0.15) is 5.10 Å². The first-order chi connectivity index (χ1) is 8.63. The molecule has 18 heavy (non-hydrogen) atoms. The van der Waals surface area contributed by atoms with Gasteiger partial charge < -0.3 is 4.98 Å². The van der Waals surface area contributed by atoms with Crippen molar-refractivity contribution >= 4 is 23.4 Å². The number of hydrogen-bond acceptors (Lipinski definition) is 2. The molecule has 1 aliphatic carbocycles. The van der Waals surface area contributed by atoms with E-state index in [2.05, 4.69) is 28.5 Å². The van der Waals surface area contributed by atoms with E-state index in [1.165, 1.54) is 24.9 Å². The topological polar surface area (TPSA) is 38.5 Å². The Kier molecular flexibility index (Phi) is 2.62. The van der Waals surface area contributed by atoms with Gasteiger partial charge in [-0.05, 0) is 44.3 Å². The summed E-state index contributed by atoms with van der Waals surface area (Å²) in [6.07, 6.45) is 5.85. The van der Waals surface area contributed by atoms with Gasteiger partial charge in [-0.3, -0.25) is 9.25 Å². The SMILES string of the molecule is CCc1nn(C)c2c1[nH]c(=S)n2C1(CC)CCC1. The lowest BCUT2D eigenvalue weighted by Gasteiger charge is -2.42. The van der Waals surface area contributed by atoms with E-state index in [1.54, 1.807) is 0 Å². The van der Waals surface area contributed by atoms with E-state index < -0.39 is 0 Å². The molecule has 1 aliphatic rings. The molecule has 0 radical (unpaired) electrons. The Bertz CT molecular complexity index is 636. The second-order valence-corrected chi connectivity index (χ2v) is 5.71. The van der Waals surface area contributed by atoms with Gasteiger partial charge in [-0.1, -0.05) is 13.8 Å². The Morgan fingerprint density at radius 1 is 1.39 bits per heavy atom. The molecule has 0 bridgehead atoms. The van der Waals surface area contributed by atoms with E-state index in [4.69, 9.17) is 12.2 Å². The molecule has 1 fully saturated rings. The highest BCUT2D eigenvalue weighted by Crippen LogP contribution is 2.44. The number of nitrogens with one attached hydrogen (secondary N) is 1. The monoisotopic (exact) mass is 264 g/mol. The van der Waals surface area contributed by atoms with E-state index in [9.17, 15) is 0 Å². The summed E-state index contributed by atoms with van der Waals surface area (Å²) >= 11 is 5.55. The second-order valence-electron chi connectivity index (χ2n) is 5.32. The minimum absolute atomic E-state index is 0.230. The third-order valence-corrected chi connectivity index (χ3v) is 4.77. The summed E-state index contributed by atoms with van der Waals surface area (Å²) < 4.78 is 5.16. The molecule has 0 aromatic carbocycles. The maximum atomic E-state index is 5.55. The van der Waals surface area contributed by atoms with Gasteiger partial charge in [0.15, 0.2) is 10.4 Å². The Morgan fingerprint density at radius 3 is 2.61 bits per heavy atom. The molecule has 1 N–H and O–H groups in total. The van der Waals surface area contributed by atoms with Gasteiger partial charge >= 0.3 is 0 Å². The number of nitrogens with zero attached hydrogens (tertiary/aromatic N) is 3. The second kappa shape index (κ2) is 3.95. The van der Waals surface area contributed by atoms with Crippen molar-refractivity contribution in [3.8, 4) is 0 Å². The third kappa shape index (κ3) is 1.37. The fourth-order valence-corrected chi connectivity index (χ4v) is 3.60. The fourth-order valence-electron chi connectivity index (χ4n) is 3.22. The molecule has 0 atom stereocenters. The van der Waals surface area contributed by atoms with Gasteiger partial charge in [0.25, 0.3) is 0 Å². The summed E-state index contributed by atoms with van der Waals surface area (Å²) in [5.41, 5.74) is 3.64. The molecule has 3 rings (SSSR count). The fraction of sp³-hybridized carbons (Fsp3) is 0.692. The van der Waals surface area contributed by atoms with E-state index in [0.717, 1.165) is 28.8 Å². The summed E-state index contributed by atoms with van der Waals surface area (Å²) in [6.45, 7) is 4.39. The molecule has 0 saturated heterocycles. The number of rotatable bonds is 3. The van der Waals surface area contributed by atoms with Gasteiger partial charge in [0.2, 0.25) is 0 Å². The number of aryl methyl sites for hydroxylation is 2. The molecule has 0 aliphatic heterocycles. The quantitative estimate of drug-likeness (QED) is 0.864. The summed E-state index contributed by atoms with van der Waals surface area (Å²) in [5.74, 6) is 0. The highest BCUT2D eigenvalue weighted by Gasteiger charge is 2.39. The van der Waals surface area contributed by atoms with Crippen molar-refractivity contribution in [2.75, 3.05) is 0 Å². The summed E-state index contributed by atoms with van der Waals surface area (Å²) in [7, 11) is 2.02. The van der Waals surface area contributed by atoms with Crippen LogP contribution in [0.5, 0.6) is 0 Å². The first-order valence-electron chi connectivity index (χ1n) is 6.80. The van der Waals surface area contributed by atoms with Gasteiger partial charge in [-0.25, -0.2) is 0 Å². The number of fused-ring (bicyclic) bond motifs is 1. The van der Waals surface area contributed by atoms with Crippen molar-refractivity contribution in [1.29, 1.82) is 0 Å². The predicted molar refractivity (Wildman–Crippen MR) is 75.4 cm³/mol. The van der Waals surface area contributed by atoms with Crippen LogP contribution in [0.4, 0.5) is 0 Å². The minimum atomic E-state index is 0.230. The standard InChI is InChI=1S/C13H20N4S/c1-4-9-10-11(16(3)15-9)17(12(18)14-10)13(5-2)7-6-8-13/h4-8H2,1-3H3,(H,14,18). The summed E-state index contributed by atoms with van der Waals surface area (Å²) in [4.78, 5) is 3.37. The molecule has 0 spiro atoms. The van der Waals surface area contributed by atoms with Gasteiger partial charge in [-0.15, -0.1) is 0 Å². The maximum absolute atomic E-state index is 5.55. The number of hydrogen-bond donors (Lipinski definition) is 1. The van der Waals surface area contributed by atoms with Crippen LogP contribution >= 0.6 is 12.2 Å². The Morgan fingerprint density at radius 2 is 2.11 bits per heavy atom. The summed E-state index contributed by atoms with van der Waals surface area (Å²) in [6, 6.07) is 0. The Hall–Kier alpha value is -1.10. The zero-order valence-corrected chi connectivity index (χ0v) is 12.1. The molecule has 2 heterocycles. The predicted octanol–water partition coefficient (Wildman–Crippen LogP) is 3.28. The number of aromatic nitrogens is 4. The Labute approximate surface area is 112 Å². The summed E-state index contributed by atoms with van der Waals surface area (Å²) in [5, 5.41) is 4.59. The third-order valence-electron chi connectivity index (χ3n) is 4.49. The molecule has 98 valence electrons. The van der Waals surface area contributed by atoms with Crippen LogP contribution in [-0.4, -0.2) is 19.3 Å². The molecule has 1 saturated carbocycles. The van der Waals surface area contributed by atoms with Crippen LogP contribution in [0.15, 0.2) is 0 Å². The first-order valence-corrected chi connectivity index (χ1v) is 7.21. The zero-order valence-electron chi connectivity index (χ0n) is 11.3. The van der Waals surface area contributed by atoms with E-state index in [0.29, 0.717) is 0 Å². The average Bonchev–Trinajstić information content (AvgIpc) is 2.78. The largest absolute Gasteiger partial charge is 0.328 e. The molecule has 2 aromatic heterocycles. The van der Waals surface area contributed by atoms with Crippen molar-refractivity contribution in [3.63, 3.8) is 0 Å². The maximum Gasteiger partial charge on any atom is 0.179 e. The van der Waals surface area contributed by atoms with E-state index in [1.807, 2.05) is 11.7 Å². The van der Waals surface area contributed by atoms with Crippen molar-refractivity contribution in [2.24, 2.45) is 7.05 Å². The smallest absolute Gasteiger partial charge is 0.179 e. The molecular formula is C13H20N4S. The highest BCUT2D eigenvalue weighted by molar-refractivity contribution is 7.71. The highest BCUT2D eigenvalue weighted by atomic mass is 32.1. The molecular weight excluding hydrogens is 244 g/mol. The van der Waals surface area contributed by atoms with E-state index >= 15 is 0 Å². The van der Waals surface area contributed by atoms with Crippen molar-refractivity contribution in [2.45, 2.75) is 51.5 Å². The number of imidazole rings is 1. The number of H-pyrrole nitrogens is 1. The molecule has 0 unspecified atom stereocenters. The van der Waals surface area contributed by atoms with Crippen LogP contribution in [0.3, 0.4) is 0 Å². The minimum Gasteiger partial charge on any atom is -0.328 e. The normalized spacial score (nSPS) is 18.2. The van der Waals surface area contributed by atoms with Crippen LogP contribution in [0.2, 0.25) is 0 Å². The van der Waals surface area contributed by atoms with Crippen LogP contribution < -0.4 is 0 Å². The first kappa shape index (κ1) is 12.0. The van der Waals surface area contributed by atoms with Crippen molar-refractivity contribution in [1.82, 2.24) is 19.3 Å². The zero-order chi connectivity index (χ0) is 12.9. The lowest BCUT2D eigenvalue weighted by atomic mass is 9.74. The molecule has 0 amide bonds. The molecule has 4 nitrogen and oxygen atoms in total. The van der Waals surface area contributed by atoms with Gasteiger partial charge in [0.1, 0.15) is 5.52 Å².